The second-order valence-corrected chi connectivity index (χ2v) is 11.3. The predicted molar refractivity (Wildman–Crippen MR) is 123 cm³/mol. The smallest absolute Gasteiger partial charge is 0.0406 e. The normalized spacial score (nSPS) is 38.4. The van der Waals surface area contributed by atoms with Gasteiger partial charge in [-0.1, -0.05) is 60.1 Å². The van der Waals surface area contributed by atoms with E-state index in [1.54, 1.807) is 11.1 Å². The van der Waals surface area contributed by atoms with Crippen LogP contribution >= 0.6 is 11.6 Å². The minimum Gasteiger partial charge on any atom is -0.0843 e. The van der Waals surface area contributed by atoms with E-state index in [0.29, 0.717) is 10.8 Å². The molecule has 3 bridgehead atoms. The van der Waals surface area contributed by atoms with E-state index in [9.17, 15) is 0 Å². The van der Waals surface area contributed by atoms with Gasteiger partial charge in [-0.2, -0.15) is 0 Å². The Morgan fingerprint density at radius 1 is 0.667 bits per heavy atom. The molecule has 4 saturated carbocycles. The number of benzene rings is 3. The number of hydrogen-bond acceptors (Lipinski definition) is 0. The van der Waals surface area contributed by atoms with Crippen LogP contribution in [0.25, 0.3) is 22.3 Å². The van der Waals surface area contributed by atoms with Gasteiger partial charge in [0.15, 0.2) is 0 Å². The van der Waals surface area contributed by atoms with Crippen molar-refractivity contribution in [3.8, 4) is 22.3 Å². The van der Waals surface area contributed by atoms with Gasteiger partial charge in [0.2, 0.25) is 0 Å². The molecule has 1 heteroatoms. The van der Waals surface area contributed by atoms with Gasteiger partial charge < -0.3 is 0 Å². The van der Waals surface area contributed by atoms with Crippen LogP contribution in [0.1, 0.15) is 43.2 Å². The highest BCUT2D eigenvalue weighted by atomic mass is 35.5. The largest absolute Gasteiger partial charge is 0.0843 e. The van der Waals surface area contributed by atoms with Crippen molar-refractivity contribution in [3.63, 3.8) is 0 Å². The summed E-state index contributed by atoms with van der Waals surface area (Å²) in [6.45, 7) is 0. The van der Waals surface area contributed by atoms with E-state index in [-0.39, 0.29) is 0 Å². The maximum absolute atomic E-state index is 6.14. The molecule has 30 heavy (non-hydrogen) atoms. The summed E-state index contributed by atoms with van der Waals surface area (Å²) in [4.78, 5) is 0. The van der Waals surface area contributed by atoms with Crippen molar-refractivity contribution in [2.45, 2.75) is 37.5 Å². The molecule has 0 N–H and O–H groups in total. The SMILES string of the molecule is Clc1ccc(-c2ccc3c(c2)-c2ccccc2C32C3CC4CC5CC2C3(C4)C5)cc1. The van der Waals surface area contributed by atoms with E-state index in [0.717, 1.165) is 28.7 Å². The van der Waals surface area contributed by atoms with Gasteiger partial charge in [0.25, 0.3) is 0 Å². The van der Waals surface area contributed by atoms with Gasteiger partial charge >= 0.3 is 0 Å². The summed E-state index contributed by atoms with van der Waals surface area (Å²) in [5.74, 6) is 3.75. The molecule has 148 valence electrons. The first-order valence-electron chi connectivity index (χ1n) is 11.7. The predicted octanol–water partition coefficient (Wildman–Crippen LogP) is 7.73. The molecule has 5 aliphatic rings. The van der Waals surface area contributed by atoms with E-state index in [2.05, 4.69) is 54.6 Å². The summed E-state index contributed by atoms with van der Waals surface area (Å²) in [7, 11) is 0. The lowest BCUT2D eigenvalue weighted by Gasteiger charge is -2.64. The Kier molecular flexibility index (Phi) is 2.89. The topological polar surface area (TPSA) is 0 Å². The number of rotatable bonds is 1. The average Bonchev–Trinajstić information content (AvgIpc) is 3.29. The van der Waals surface area contributed by atoms with Gasteiger partial charge in [-0.05, 0) is 113 Å². The maximum Gasteiger partial charge on any atom is 0.0406 e. The summed E-state index contributed by atoms with van der Waals surface area (Å²) >= 11 is 6.14. The van der Waals surface area contributed by atoms with Gasteiger partial charge in [-0.3, -0.25) is 0 Å². The first kappa shape index (κ1) is 16.6. The molecule has 2 spiro atoms. The summed E-state index contributed by atoms with van der Waals surface area (Å²) in [6, 6.07) is 25.0. The molecular formula is C29H25Cl. The molecule has 0 heterocycles. The van der Waals surface area contributed by atoms with Crippen molar-refractivity contribution < 1.29 is 0 Å². The molecule has 0 aliphatic heterocycles. The van der Waals surface area contributed by atoms with Crippen molar-refractivity contribution in [3.05, 3.63) is 82.9 Å². The van der Waals surface area contributed by atoms with Crippen LogP contribution in [0.2, 0.25) is 5.02 Å². The highest BCUT2D eigenvalue weighted by Crippen LogP contribution is 2.85. The molecule has 0 nitrogen and oxygen atoms in total. The number of hydrogen-bond donors (Lipinski definition) is 0. The van der Waals surface area contributed by atoms with E-state index in [1.807, 2.05) is 12.1 Å². The Bertz CT molecular complexity index is 1200. The van der Waals surface area contributed by atoms with Crippen LogP contribution in [0.5, 0.6) is 0 Å². The van der Waals surface area contributed by atoms with Crippen LogP contribution in [0, 0.1) is 29.1 Å². The molecule has 3 aromatic rings. The van der Waals surface area contributed by atoms with E-state index < -0.39 is 0 Å². The fourth-order valence-electron chi connectivity index (χ4n) is 9.45. The van der Waals surface area contributed by atoms with Crippen molar-refractivity contribution in [2.24, 2.45) is 29.1 Å². The van der Waals surface area contributed by atoms with Crippen molar-refractivity contribution in [1.82, 2.24) is 0 Å². The molecule has 4 fully saturated rings. The quantitative estimate of drug-likeness (QED) is 0.386. The van der Waals surface area contributed by atoms with Crippen LogP contribution < -0.4 is 0 Å². The zero-order valence-electron chi connectivity index (χ0n) is 17.1. The van der Waals surface area contributed by atoms with Gasteiger partial charge in [-0.25, -0.2) is 0 Å². The minimum absolute atomic E-state index is 0.300. The summed E-state index contributed by atoms with van der Waals surface area (Å²) in [5.41, 5.74) is 9.85. The monoisotopic (exact) mass is 408 g/mol. The Balaban J connectivity index is 1.36. The van der Waals surface area contributed by atoms with Crippen molar-refractivity contribution >= 4 is 11.6 Å². The molecule has 5 aliphatic carbocycles. The molecule has 3 aromatic carbocycles. The lowest BCUT2D eigenvalue weighted by Crippen LogP contribution is -2.62. The third-order valence-corrected chi connectivity index (χ3v) is 10.2. The molecule has 0 radical (unpaired) electrons. The minimum atomic E-state index is 0.300. The lowest BCUT2D eigenvalue weighted by atomic mass is 9.38. The zero-order valence-corrected chi connectivity index (χ0v) is 17.8. The Hall–Kier alpha value is -2.05. The number of halogens is 1. The van der Waals surface area contributed by atoms with Crippen LogP contribution in [-0.2, 0) is 5.41 Å². The fourth-order valence-corrected chi connectivity index (χ4v) is 9.58. The zero-order chi connectivity index (χ0) is 19.7. The Labute approximate surface area is 183 Å². The van der Waals surface area contributed by atoms with E-state index in [1.165, 1.54) is 54.4 Å². The van der Waals surface area contributed by atoms with Crippen molar-refractivity contribution in [1.29, 1.82) is 0 Å². The van der Waals surface area contributed by atoms with Gasteiger partial charge in [-0.15, -0.1) is 0 Å². The lowest BCUT2D eigenvalue weighted by molar-refractivity contribution is -0.0820. The second-order valence-electron chi connectivity index (χ2n) is 10.9. The molecule has 0 amide bonds. The van der Waals surface area contributed by atoms with Crippen LogP contribution in [0.4, 0.5) is 0 Å². The van der Waals surface area contributed by atoms with Crippen LogP contribution in [0.3, 0.4) is 0 Å². The first-order chi connectivity index (χ1) is 14.7. The third-order valence-electron chi connectivity index (χ3n) is 9.94. The molecule has 4 unspecified atom stereocenters. The summed E-state index contributed by atoms with van der Waals surface area (Å²) < 4.78 is 0. The van der Waals surface area contributed by atoms with Gasteiger partial charge in [0.05, 0.1) is 0 Å². The summed E-state index contributed by atoms with van der Waals surface area (Å²) in [5, 5.41) is 0.802. The Morgan fingerprint density at radius 3 is 2.10 bits per heavy atom. The molecule has 4 atom stereocenters. The molecular weight excluding hydrogens is 384 g/mol. The molecule has 0 saturated heterocycles. The van der Waals surface area contributed by atoms with Crippen LogP contribution in [-0.4, -0.2) is 0 Å². The highest BCUT2D eigenvalue weighted by molar-refractivity contribution is 6.30. The maximum atomic E-state index is 6.14. The Morgan fingerprint density at radius 2 is 1.33 bits per heavy atom. The molecule has 0 aromatic heterocycles. The van der Waals surface area contributed by atoms with E-state index in [4.69, 9.17) is 11.6 Å². The summed E-state index contributed by atoms with van der Waals surface area (Å²) in [6.07, 6.45) is 7.52. The second kappa shape index (κ2) is 5.22. The fraction of sp³-hybridized carbons (Fsp3) is 0.379. The van der Waals surface area contributed by atoms with E-state index >= 15 is 0 Å². The standard InChI is InChI=1S/C29H25Cl/c30-21-8-5-19(6-9-21)20-7-10-25-23(14-20)22-3-1-2-4-24(22)29(25)26-12-17-11-18-13-27(29)28(26,15-17)16-18/h1-10,14,17-18,26-27H,11-13,15-16H2. The van der Waals surface area contributed by atoms with Gasteiger partial charge in [0, 0.05) is 10.4 Å². The first-order valence-corrected chi connectivity index (χ1v) is 12.1. The number of fused-ring (bicyclic) bond motifs is 9. The van der Waals surface area contributed by atoms with Gasteiger partial charge in [0.1, 0.15) is 0 Å². The third kappa shape index (κ3) is 1.68. The van der Waals surface area contributed by atoms with Crippen molar-refractivity contribution in [2.75, 3.05) is 0 Å². The average molecular weight is 409 g/mol. The van der Waals surface area contributed by atoms with Crippen LogP contribution in [0.15, 0.2) is 66.7 Å². The highest BCUT2D eigenvalue weighted by Gasteiger charge is 2.79. The molecule has 8 rings (SSSR count).